The summed E-state index contributed by atoms with van der Waals surface area (Å²) in [6.45, 7) is 0.470. The molecule has 4 heteroatoms. The summed E-state index contributed by atoms with van der Waals surface area (Å²) in [5, 5.41) is 11.6. The van der Waals surface area contributed by atoms with E-state index in [0.29, 0.717) is 27.7 Å². The van der Waals surface area contributed by atoms with Crippen molar-refractivity contribution in [3.63, 3.8) is 0 Å². The number of allylic oxidation sites excluding steroid dienone is 1. The number of hydrogen-bond acceptors (Lipinski definition) is 1. The van der Waals surface area contributed by atoms with Gasteiger partial charge in [-0.3, -0.25) is 0 Å². The quantitative estimate of drug-likeness (QED) is 0.443. The molecule has 0 spiro atoms. The summed E-state index contributed by atoms with van der Waals surface area (Å²) in [5.41, 5.74) is 3.07. The van der Waals surface area contributed by atoms with Crippen LogP contribution in [0.15, 0.2) is 48.7 Å². The zero-order valence-electron chi connectivity index (χ0n) is 12.6. The van der Waals surface area contributed by atoms with Gasteiger partial charge in [0.15, 0.2) is 0 Å². The van der Waals surface area contributed by atoms with E-state index in [-0.39, 0.29) is 0 Å². The van der Waals surface area contributed by atoms with Gasteiger partial charge in [0.2, 0.25) is 0 Å². The van der Waals surface area contributed by atoms with Crippen LogP contribution >= 0.6 is 23.2 Å². The summed E-state index contributed by atoms with van der Waals surface area (Å²) < 4.78 is 1.99. The van der Waals surface area contributed by atoms with E-state index in [0.717, 1.165) is 16.5 Å². The van der Waals surface area contributed by atoms with Gasteiger partial charge in [0.05, 0.1) is 23.2 Å². The van der Waals surface area contributed by atoms with Crippen LogP contribution in [0, 0.1) is 23.7 Å². The highest BCUT2D eigenvalue weighted by Gasteiger charge is 2.10. The molecule has 24 heavy (non-hydrogen) atoms. The minimum Gasteiger partial charge on any atom is -0.335 e. The van der Waals surface area contributed by atoms with Crippen LogP contribution in [0.2, 0.25) is 10.0 Å². The SMILES string of the molecule is C#CCn1cc(/C=C(\C#N)c2ccc(Cl)cc2Cl)c2ccccc21. The van der Waals surface area contributed by atoms with E-state index in [1.807, 2.05) is 41.1 Å². The van der Waals surface area contributed by atoms with E-state index >= 15 is 0 Å². The molecule has 0 atom stereocenters. The predicted molar refractivity (Wildman–Crippen MR) is 101 cm³/mol. The number of terminal acetylenes is 1. The first-order chi connectivity index (χ1) is 11.6. The summed E-state index contributed by atoms with van der Waals surface area (Å²) in [4.78, 5) is 0. The Balaban J connectivity index is 2.18. The molecule has 2 aromatic carbocycles. The Morgan fingerprint density at radius 1 is 1.21 bits per heavy atom. The Labute approximate surface area is 150 Å². The number of para-hydroxylation sites is 1. The molecule has 0 saturated carbocycles. The van der Waals surface area contributed by atoms with E-state index in [9.17, 15) is 5.26 Å². The van der Waals surface area contributed by atoms with Crippen molar-refractivity contribution in [3.8, 4) is 18.4 Å². The van der Waals surface area contributed by atoms with Crippen molar-refractivity contribution < 1.29 is 0 Å². The topological polar surface area (TPSA) is 28.7 Å². The maximum atomic E-state index is 9.57. The van der Waals surface area contributed by atoms with Crippen LogP contribution in [0.1, 0.15) is 11.1 Å². The number of fused-ring (bicyclic) bond motifs is 1. The van der Waals surface area contributed by atoms with Crippen LogP contribution < -0.4 is 0 Å². The largest absolute Gasteiger partial charge is 0.335 e. The van der Waals surface area contributed by atoms with E-state index in [4.69, 9.17) is 29.6 Å². The number of nitriles is 1. The van der Waals surface area contributed by atoms with Gasteiger partial charge >= 0.3 is 0 Å². The van der Waals surface area contributed by atoms with Crippen molar-refractivity contribution in [2.24, 2.45) is 0 Å². The van der Waals surface area contributed by atoms with Crippen molar-refractivity contribution in [1.29, 1.82) is 5.26 Å². The van der Waals surface area contributed by atoms with Crippen molar-refractivity contribution in [2.45, 2.75) is 6.54 Å². The highest BCUT2D eigenvalue weighted by molar-refractivity contribution is 6.36. The number of benzene rings is 2. The lowest BCUT2D eigenvalue weighted by Crippen LogP contribution is -1.91. The monoisotopic (exact) mass is 350 g/mol. The van der Waals surface area contributed by atoms with Gasteiger partial charge in [0.1, 0.15) is 0 Å². The van der Waals surface area contributed by atoms with Crippen LogP contribution in [0.5, 0.6) is 0 Å². The molecule has 0 fully saturated rings. The number of rotatable bonds is 3. The molecule has 0 aliphatic heterocycles. The predicted octanol–water partition coefficient (Wildman–Crippen LogP) is 5.65. The smallest absolute Gasteiger partial charge is 0.0998 e. The number of aromatic nitrogens is 1. The first-order valence-corrected chi connectivity index (χ1v) is 7.98. The normalized spacial score (nSPS) is 11.2. The molecule has 0 amide bonds. The van der Waals surface area contributed by atoms with Gasteiger partial charge in [0, 0.05) is 33.2 Å². The molecule has 1 aromatic heterocycles. The maximum absolute atomic E-state index is 9.57. The third-order valence-corrected chi connectivity index (χ3v) is 4.27. The summed E-state index contributed by atoms with van der Waals surface area (Å²) in [7, 11) is 0. The van der Waals surface area contributed by atoms with E-state index in [2.05, 4.69) is 12.0 Å². The maximum Gasteiger partial charge on any atom is 0.0998 e. The van der Waals surface area contributed by atoms with Crippen molar-refractivity contribution >= 4 is 45.8 Å². The lowest BCUT2D eigenvalue weighted by Gasteiger charge is -2.03. The molecular formula is C20H12Cl2N2. The summed E-state index contributed by atoms with van der Waals surface area (Å²) in [6, 6.07) is 15.2. The van der Waals surface area contributed by atoms with Crippen molar-refractivity contribution in [3.05, 3.63) is 69.8 Å². The third kappa shape index (κ3) is 3.03. The number of hydrogen-bond donors (Lipinski definition) is 0. The first kappa shape index (κ1) is 16.2. The Hall–Kier alpha value is -2.65. The fourth-order valence-corrected chi connectivity index (χ4v) is 3.16. The molecule has 2 nitrogen and oxygen atoms in total. The fourth-order valence-electron chi connectivity index (χ4n) is 2.65. The van der Waals surface area contributed by atoms with Gasteiger partial charge in [-0.2, -0.15) is 5.26 Å². The van der Waals surface area contributed by atoms with Gasteiger partial charge in [-0.05, 0) is 24.3 Å². The van der Waals surface area contributed by atoms with Crippen molar-refractivity contribution in [2.75, 3.05) is 0 Å². The van der Waals surface area contributed by atoms with E-state index in [1.54, 1.807) is 18.2 Å². The summed E-state index contributed by atoms with van der Waals surface area (Å²) in [5.74, 6) is 2.65. The molecule has 0 unspecified atom stereocenters. The zero-order valence-corrected chi connectivity index (χ0v) is 14.1. The Bertz CT molecular complexity index is 1030. The minimum atomic E-state index is 0.447. The van der Waals surface area contributed by atoms with Crippen LogP contribution in [-0.2, 0) is 6.54 Å². The van der Waals surface area contributed by atoms with E-state index in [1.165, 1.54) is 0 Å². The summed E-state index contributed by atoms with van der Waals surface area (Å²) >= 11 is 12.2. The number of nitrogens with zero attached hydrogens (tertiary/aromatic N) is 2. The van der Waals surface area contributed by atoms with Gasteiger partial charge in [-0.25, -0.2) is 0 Å². The standard InChI is InChI=1S/C20H12Cl2N2/c1-2-9-24-13-15(18-5-3-4-6-20(18)24)10-14(12-23)17-8-7-16(21)11-19(17)22/h1,3-8,10-11,13H,9H2/b14-10+. The Kier molecular flexibility index (Phi) is 4.63. The molecular weight excluding hydrogens is 339 g/mol. The van der Waals surface area contributed by atoms with Crippen molar-refractivity contribution in [1.82, 2.24) is 4.57 Å². The molecule has 0 aliphatic rings. The molecule has 0 bridgehead atoms. The Morgan fingerprint density at radius 2 is 2.00 bits per heavy atom. The molecule has 0 N–H and O–H groups in total. The molecule has 0 radical (unpaired) electrons. The second kappa shape index (κ2) is 6.85. The highest BCUT2D eigenvalue weighted by atomic mass is 35.5. The molecule has 116 valence electrons. The van der Waals surface area contributed by atoms with Gasteiger partial charge in [0.25, 0.3) is 0 Å². The highest BCUT2D eigenvalue weighted by Crippen LogP contribution is 2.30. The Morgan fingerprint density at radius 3 is 2.71 bits per heavy atom. The fraction of sp³-hybridized carbons (Fsp3) is 0.0500. The first-order valence-electron chi connectivity index (χ1n) is 7.22. The average molecular weight is 351 g/mol. The lowest BCUT2D eigenvalue weighted by atomic mass is 10.0. The molecule has 1 heterocycles. The lowest BCUT2D eigenvalue weighted by molar-refractivity contribution is 0.886. The van der Waals surface area contributed by atoms with Crippen LogP contribution in [0.4, 0.5) is 0 Å². The second-order valence-corrected chi connectivity index (χ2v) is 6.07. The zero-order chi connectivity index (χ0) is 17.1. The molecule has 0 saturated heterocycles. The molecule has 3 rings (SSSR count). The minimum absolute atomic E-state index is 0.447. The average Bonchev–Trinajstić information content (AvgIpc) is 2.92. The molecule has 3 aromatic rings. The van der Waals surface area contributed by atoms with Crippen LogP contribution in [0.25, 0.3) is 22.6 Å². The second-order valence-electron chi connectivity index (χ2n) is 5.23. The molecule has 0 aliphatic carbocycles. The van der Waals surface area contributed by atoms with Gasteiger partial charge in [-0.15, -0.1) is 6.42 Å². The van der Waals surface area contributed by atoms with E-state index < -0.39 is 0 Å². The number of halogens is 2. The summed E-state index contributed by atoms with van der Waals surface area (Å²) in [6.07, 6.45) is 9.22. The van der Waals surface area contributed by atoms with Gasteiger partial charge < -0.3 is 4.57 Å². The van der Waals surface area contributed by atoms with Crippen LogP contribution in [0.3, 0.4) is 0 Å². The van der Waals surface area contributed by atoms with Crippen LogP contribution in [-0.4, -0.2) is 4.57 Å². The third-order valence-electron chi connectivity index (χ3n) is 3.72. The van der Waals surface area contributed by atoms with Gasteiger partial charge in [-0.1, -0.05) is 53.4 Å².